The van der Waals surface area contributed by atoms with Gasteiger partial charge in [0, 0.05) is 5.56 Å². The van der Waals surface area contributed by atoms with Crippen molar-refractivity contribution in [2.24, 2.45) is 0 Å². The minimum Gasteiger partial charge on any atom is -0.493 e. The molecule has 1 atom stereocenters. The molecular formula is C13H17ClO3. The number of hydrogen-bond donors (Lipinski definition) is 1. The van der Waals surface area contributed by atoms with Crippen LogP contribution in [-0.4, -0.2) is 19.3 Å². The summed E-state index contributed by atoms with van der Waals surface area (Å²) in [5.41, 5.74) is 1.62. The smallest absolute Gasteiger partial charge is 0.179 e. The van der Waals surface area contributed by atoms with E-state index in [1.807, 2.05) is 13.8 Å². The van der Waals surface area contributed by atoms with Crippen LogP contribution in [0.1, 0.15) is 25.5 Å². The zero-order chi connectivity index (χ0) is 13.0. The van der Waals surface area contributed by atoms with Crippen molar-refractivity contribution in [1.29, 1.82) is 0 Å². The van der Waals surface area contributed by atoms with Gasteiger partial charge >= 0.3 is 0 Å². The molecule has 0 heterocycles. The largest absolute Gasteiger partial charge is 0.493 e. The Morgan fingerprint density at radius 3 is 2.41 bits per heavy atom. The maximum Gasteiger partial charge on any atom is 0.179 e. The molecule has 94 valence electrons. The highest BCUT2D eigenvalue weighted by Gasteiger charge is 2.17. The van der Waals surface area contributed by atoms with Gasteiger partial charge in [0.25, 0.3) is 0 Å². The predicted molar refractivity (Wildman–Crippen MR) is 68.9 cm³/mol. The zero-order valence-electron chi connectivity index (χ0n) is 10.5. The number of allylic oxidation sites excluding steroid dienone is 1. The first-order chi connectivity index (χ1) is 8.01. The van der Waals surface area contributed by atoms with E-state index in [4.69, 9.17) is 21.1 Å². The Labute approximate surface area is 107 Å². The number of hydrogen-bond acceptors (Lipinski definition) is 3. The Morgan fingerprint density at radius 1 is 1.29 bits per heavy atom. The van der Waals surface area contributed by atoms with Crippen LogP contribution in [0.15, 0.2) is 23.8 Å². The summed E-state index contributed by atoms with van der Waals surface area (Å²) in [6.07, 6.45) is 0.986. The highest BCUT2D eigenvalue weighted by molar-refractivity contribution is 6.33. The van der Waals surface area contributed by atoms with Crippen LogP contribution in [0.2, 0.25) is 5.02 Å². The number of aliphatic hydroxyl groups excluding tert-OH is 1. The van der Waals surface area contributed by atoms with Crippen LogP contribution < -0.4 is 9.47 Å². The number of halogens is 1. The summed E-state index contributed by atoms with van der Waals surface area (Å²) in [6, 6.07) is 3.45. The zero-order valence-corrected chi connectivity index (χ0v) is 11.2. The van der Waals surface area contributed by atoms with Crippen LogP contribution >= 0.6 is 11.6 Å². The third-order valence-corrected chi connectivity index (χ3v) is 2.71. The van der Waals surface area contributed by atoms with Crippen LogP contribution in [0.4, 0.5) is 0 Å². The van der Waals surface area contributed by atoms with Crippen molar-refractivity contribution in [3.63, 3.8) is 0 Å². The maximum atomic E-state index is 10.00. The van der Waals surface area contributed by atoms with E-state index in [1.54, 1.807) is 25.3 Å². The van der Waals surface area contributed by atoms with Gasteiger partial charge in [-0.3, -0.25) is 0 Å². The van der Waals surface area contributed by atoms with Crippen molar-refractivity contribution in [3.05, 3.63) is 34.4 Å². The number of methoxy groups -OCH3 is 2. The van der Waals surface area contributed by atoms with Gasteiger partial charge in [-0.05, 0) is 19.9 Å². The minimum absolute atomic E-state index is 0.372. The van der Waals surface area contributed by atoms with Gasteiger partial charge in [-0.1, -0.05) is 29.3 Å². The van der Waals surface area contributed by atoms with E-state index in [-0.39, 0.29) is 0 Å². The van der Waals surface area contributed by atoms with Crippen LogP contribution in [0.5, 0.6) is 11.5 Å². The molecule has 1 unspecified atom stereocenters. The van der Waals surface area contributed by atoms with E-state index < -0.39 is 6.10 Å². The first-order valence-corrected chi connectivity index (χ1v) is 5.62. The summed E-state index contributed by atoms with van der Waals surface area (Å²) in [4.78, 5) is 0. The summed E-state index contributed by atoms with van der Waals surface area (Å²) in [7, 11) is 3.06. The third kappa shape index (κ3) is 3.14. The fraction of sp³-hybridized carbons (Fsp3) is 0.385. The lowest BCUT2D eigenvalue weighted by Gasteiger charge is -2.15. The monoisotopic (exact) mass is 256 g/mol. The second-order valence-corrected chi connectivity index (χ2v) is 4.27. The van der Waals surface area contributed by atoms with E-state index in [0.717, 1.165) is 5.57 Å². The van der Waals surface area contributed by atoms with Gasteiger partial charge in [0.05, 0.1) is 25.3 Å². The average molecular weight is 257 g/mol. The maximum absolute atomic E-state index is 10.00. The summed E-state index contributed by atoms with van der Waals surface area (Å²) in [5, 5.41) is 10.4. The molecule has 0 saturated heterocycles. The topological polar surface area (TPSA) is 38.7 Å². The first kappa shape index (κ1) is 13.9. The molecule has 0 aromatic heterocycles. The molecule has 1 rings (SSSR count). The first-order valence-electron chi connectivity index (χ1n) is 5.24. The minimum atomic E-state index is -0.743. The Bertz CT molecular complexity index is 423. The normalized spacial score (nSPS) is 11.9. The lowest BCUT2D eigenvalue weighted by Crippen LogP contribution is -1.99. The fourth-order valence-corrected chi connectivity index (χ4v) is 1.88. The number of aliphatic hydroxyl groups is 1. The molecule has 3 nitrogen and oxygen atoms in total. The highest BCUT2D eigenvalue weighted by atomic mass is 35.5. The van der Waals surface area contributed by atoms with Gasteiger partial charge in [0.15, 0.2) is 11.5 Å². The third-order valence-electron chi connectivity index (χ3n) is 2.32. The SMILES string of the molecule is COc1ccc(C(O)C=C(C)C)c(Cl)c1OC. The Balaban J connectivity index is 3.23. The predicted octanol–water partition coefficient (Wildman–Crippen LogP) is 3.36. The second-order valence-electron chi connectivity index (χ2n) is 3.89. The molecule has 1 N–H and O–H groups in total. The van der Waals surface area contributed by atoms with Gasteiger partial charge < -0.3 is 14.6 Å². The van der Waals surface area contributed by atoms with E-state index in [1.165, 1.54) is 7.11 Å². The van der Waals surface area contributed by atoms with Crippen LogP contribution in [-0.2, 0) is 0 Å². The molecule has 17 heavy (non-hydrogen) atoms. The highest BCUT2D eigenvalue weighted by Crippen LogP contribution is 2.39. The molecule has 1 aromatic carbocycles. The molecule has 0 fully saturated rings. The molecule has 0 aliphatic heterocycles. The van der Waals surface area contributed by atoms with Gasteiger partial charge in [0.1, 0.15) is 0 Å². The molecule has 0 aliphatic rings. The summed E-state index contributed by atoms with van der Waals surface area (Å²) < 4.78 is 10.3. The van der Waals surface area contributed by atoms with E-state index in [9.17, 15) is 5.11 Å². The molecule has 0 bridgehead atoms. The number of rotatable bonds is 4. The van der Waals surface area contributed by atoms with Gasteiger partial charge in [-0.25, -0.2) is 0 Å². The lowest BCUT2D eigenvalue weighted by atomic mass is 10.1. The van der Waals surface area contributed by atoms with Crippen LogP contribution in [0.3, 0.4) is 0 Å². The second kappa shape index (κ2) is 5.94. The van der Waals surface area contributed by atoms with Gasteiger partial charge in [-0.2, -0.15) is 0 Å². The van der Waals surface area contributed by atoms with Crippen molar-refractivity contribution in [3.8, 4) is 11.5 Å². The van der Waals surface area contributed by atoms with E-state index in [0.29, 0.717) is 22.1 Å². The van der Waals surface area contributed by atoms with Crippen molar-refractivity contribution in [2.75, 3.05) is 14.2 Å². The lowest BCUT2D eigenvalue weighted by molar-refractivity contribution is 0.227. The van der Waals surface area contributed by atoms with Crippen molar-refractivity contribution < 1.29 is 14.6 Å². The van der Waals surface area contributed by atoms with Crippen molar-refractivity contribution in [2.45, 2.75) is 20.0 Å². The quantitative estimate of drug-likeness (QED) is 0.840. The Hall–Kier alpha value is -1.19. The van der Waals surface area contributed by atoms with Crippen molar-refractivity contribution >= 4 is 11.6 Å². The van der Waals surface area contributed by atoms with Gasteiger partial charge in [-0.15, -0.1) is 0 Å². The molecule has 0 radical (unpaired) electrons. The molecule has 0 spiro atoms. The molecule has 4 heteroatoms. The molecule has 0 amide bonds. The summed E-state index contributed by atoms with van der Waals surface area (Å²) >= 11 is 6.18. The molecule has 0 saturated carbocycles. The van der Waals surface area contributed by atoms with Crippen LogP contribution in [0.25, 0.3) is 0 Å². The Morgan fingerprint density at radius 2 is 1.94 bits per heavy atom. The fourth-order valence-electron chi connectivity index (χ4n) is 1.54. The molecule has 0 aliphatic carbocycles. The van der Waals surface area contributed by atoms with Crippen LogP contribution in [0, 0.1) is 0 Å². The van der Waals surface area contributed by atoms with Crippen molar-refractivity contribution in [1.82, 2.24) is 0 Å². The standard InChI is InChI=1S/C13H17ClO3/c1-8(2)7-10(15)9-5-6-11(16-3)13(17-4)12(9)14/h5-7,10,15H,1-4H3. The molecule has 1 aromatic rings. The van der Waals surface area contributed by atoms with E-state index >= 15 is 0 Å². The average Bonchev–Trinajstić information content (AvgIpc) is 2.27. The van der Waals surface area contributed by atoms with E-state index in [2.05, 4.69) is 0 Å². The summed E-state index contributed by atoms with van der Waals surface area (Å²) in [5.74, 6) is 0.985. The molecular weight excluding hydrogens is 240 g/mol. The number of benzene rings is 1. The Kier molecular flexibility index (Phi) is 4.85. The van der Waals surface area contributed by atoms with Gasteiger partial charge in [0.2, 0.25) is 0 Å². The number of ether oxygens (including phenoxy) is 2. The summed E-state index contributed by atoms with van der Waals surface area (Å²) in [6.45, 7) is 3.83.